The summed E-state index contributed by atoms with van der Waals surface area (Å²) in [4.78, 5) is 36.0. The van der Waals surface area contributed by atoms with Gasteiger partial charge >= 0.3 is 12.1 Å². The van der Waals surface area contributed by atoms with Gasteiger partial charge in [0.25, 0.3) is 0 Å². The van der Waals surface area contributed by atoms with Gasteiger partial charge in [-0.05, 0) is 41.5 Å². The van der Waals surface area contributed by atoms with Crippen molar-refractivity contribution in [3.63, 3.8) is 0 Å². The number of benzene rings is 2. The monoisotopic (exact) mass is 468 g/mol. The number of nitrogens with one attached hydrogen (secondary N) is 2. The molecule has 0 aromatic heterocycles. The van der Waals surface area contributed by atoms with Crippen molar-refractivity contribution in [2.45, 2.75) is 44.1 Å². The highest BCUT2D eigenvalue weighted by Gasteiger charge is 2.38. The number of carboxylic acid groups (broad SMARTS) is 1. The summed E-state index contributed by atoms with van der Waals surface area (Å²) >= 11 is 0. The van der Waals surface area contributed by atoms with Gasteiger partial charge in [-0.25, -0.2) is 9.59 Å². The molecule has 182 valence electrons. The Hall–Kier alpha value is -3.39. The molecule has 0 fully saturated rings. The fourth-order valence-electron chi connectivity index (χ4n) is 4.32. The van der Waals surface area contributed by atoms with Crippen LogP contribution in [0.2, 0.25) is 0 Å². The van der Waals surface area contributed by atoms with Crippen LogP contribution in [0.25, 0.3) is 11.1 Å². The van der Waals surface area contributed by atoms with E-state index in [9.17, 15) is 19.5 Å². The molecule has 2 amide bonds. The summed E-state index contributed by atoms with van der Waals surface area (Å²) in [5, 5.41) is 14.7. The first-order valence-electron chi connectivity index (χ1n) is 11.5. The zero-order valence-electron chi connectivity index (χ0n) is 19.6. The van der Waals surface area contributed by atoms with E-state index < -0.39 is 17.6 Å². The van der Waals surface area contributed by atoms with E-state index in [0.717, 1.165) is 11.1 Å². The van der Waals surface area contributed by atoms with Gasteiger partial charge in [0.1, 0.15) is 6.61 Å². The first-order chi connectivity index (χ1) is 16.4. The molecule has 3 N–H and O–H groups in total. The van der Waals surface area contributed by atoms with Crippen molar-refractivity contribution in [3.05, 3.63) is 59.7 Å². The Kier molecular flexibility index (Phi) is 8.65. The van der Waals surface area contributed by atoms with Crippen LogP contribution in [0.4, 0.5) is 4.79 Å². The number of rotatable bonds is 12. The van der Waals surface area contributed by atoms with Gasteiger partial charge in [0, 0.05) is 26.0 Å². The van der Waals surface area contributed by atoms with Crippen LogP contribution in [0.5, 0.6) is 0 Å². The highest BCUT2D eigenvalue weighted by Crippen LogP contribution is 2.44. The maximum atomic E-state index is 12.2. The number of hydrogen-bond acceptors (Lipinski definition) is 5. The molecule has 0 saturated carbocycles. The summed E-state index contributed by atoms with van der Waals surface area (Å²) < 4.78 is 10.5. The number of carboxylic acids is 1. The Morgan fingerprint density at radius 3 is 2.18 bits per heavy atom. The van der Waals surface area contributed by atoms with Crippen LogP contribution in [0.15, 0.2) is 48.5 Å². The van der Waals surface area contributed by atoms with Crippen molar-refractivity contribution in [1.29, 1.82) is 0 Å². The van der Waals surface area contributed by atoms with E-state index in [2.05, 4.69) is 34.9 Å². The molecule has 0 aliphatic heterocycles. The number of amides is 2. The van der Waals surface area contributed by atoms with Crippen LogP contribution in [0, 0.1) is 0 Å². The lowest BCUT2D eigenvalue weighted by molar-refractivity contribution is -0.150. The smallest absolute Gasteiger partial charge is 0.407 e. The summed E-state index contributed by atoms with van der Waals surface area (Å²) in [6.07, 6.45) is 0.939. The molecule has 1 atom stereocenters. The Bertz CT molecular complexity index is 978. The number of alkyl carbamates (subject to hydrolysis) is 1. The van der Waals surface area contributed by atoms with Crippen LogP contribution in [-0.4, -0.2) is 55.5 Å². The van der Waals surface area contributed by atoms with Gasteiger partial charge in [-0.1, -0.05) is 55.5 Å². The van der Waals surface area contributed by atoms with Gasteiger partial charge in [0.05, 0.1) is 6.61 Å². The quantitative estimate of drug-likeness (QED) is 0.410. The molecule has 0 saturated heterocycles. The van der Waals surface area contributed by atoms with Crippen molar-refractivity contribution < 1.29 is 29.0 Å². The SMILES string of the molecule is CCC(COC)(NC(=O)CCCCNC(=O)OCC1c2ccccc2-c2ccccc21)C(=O)O. The number of methoxy groups -OCH3 is 1. The number of carbonyl (C=O) groups excluding carboxylic acids is 2. The summed E-state index contributed by atoms with van der Waals surface area (Å²) in [5.74, 6) is -1.48. The maximum Gasteiger partial charge on any atom is 0.407 e. The highest BCUT2D eigenvalue weighted by atomic mass is 16.5. The predicted molar refractivity (Wildman–Crippen MR) is 128 cm³/mol. The number of aliphatic carboxylic acids is 1. The minimum atomic E-state index is -1.43. The van der Waals surface area contributed by atoms with E-state index in [-0.39, 0.29) is 37.9 Å². The fraction of sp³-hybridized carbons (Fsp3) is 0.423. The lowest BCUT2D eigenvalue weighted by atomic mass is 9.97. The van der Waals surface area contributed by atoms with E-state index in [4.69, 9.17) is 9.47 Å². The summed E-state index contributed by atoms with van der Waals surface area (Å²) in [6, 6.07) is 16.3. The third-order valence-electron chi connectivity index (χ3n) is 6.23. The Labute approximate surface area is 199 Å². The van der Waals surface area contributed by atoms with Crippen LogP contribution in [-0.2, 0) is 19.1 Å². The molecule has 1 aliphatic rings. The molecule has 0 bridgehead atoms. The van der Waals surface area contributed by atoms with E-state index in [1.165, 1.54) is 18.2 Å². The van der Waals surface area contributed by atoms with Gasteiger partial charge < -0.3 is 25.2 Å². The average Bonchev–Trinajstić information content (AvgIpc) is 3.15. The molecule has 0 heterocycles. The number of fused-ring (bicyclic) bond motifs is 3. The van der Waals surface area contributed by atoms with E-state index in [1.807, 2.05) is 24.3 Å². The molecular formula is C26H32N2O6. The Balaban J connectivity index is 1.40. The van der Waals surface area contributed by atoms with Crippen molar-refractivity contribution in [3.8, 4) is 11.1 Å². The highest BCUT2D eigenvalue weighted by molar-refractivity contribution is 5.87. The second kappa shape index (κ2) is 11.7. The fourth-order valence-corrected chi connectivity index (χ4v) is 4.32. The zero-order valence-corrected chi connectivity index (χ0v) is 19.6. The Morgan fingerprint density at radius 1 is 1.00 bits per heavy atom. The van der Waals surface area contributed by atoms with Crippen molar-refractivity contribution >= 4 is 18.0 Å². The zero-order chi connectivity index (χ0) is 24.6. The first-order valence-corrected chi connectivity index (χ1v) is 11.5. The topological polar surface area (TPSA) is 114 Å². The lowest BCUT2D eigenvalue weighted by Crippen LogP contribution is -2.57. The summed E-state index contributed by atoms with van der Waals surface area (Å²) in [5.41, 5.74) is 3.23. The van der Waals surface area contributed by atoms with Crippen LogP contribution in [0.3, 0.4) is 0 Å². The number of hydrogen-bond donors (Lipinski definition) is 3. The molecule has 8 nitrogen and oxygen atoms in total. The molecule has 34 heavy (non-hydrogen) atoms. The van der Waals surface area contributed by atoms with Gasteiger partial charge in [-0.15, -0.1) is 0 Å². The predicted octanol–water partition coefficient (Wildman–Crippen LogP) is 3.69. The van der Waals surface area contributed by atoms with E-state index in [1.54, 1.807) is 6.92 Å². The second-order valence-corrected chi connectivity index (χ2v) is 8.43. The number of unbranched alkanes of at least 4 members (excludes halogenated alkanes) is 1. The van der Waals surface area contributed by atoms with Gasteiger partial charge in [-0.3, -0.25) is 4.79 Å². The molecule has 1 aliphatic carbocycles. The normalized spacial score (nSPS) is 13.9. The molecule has 2 aromatic rings. The largest absolute Gasteiger partial charge is 0.479 e. The van der Waals surface area contributed by atoms with Crippen LogP contribution >= 0.6 is 0 Å². The summed E-state index contributed by atoms with van der Waals surface area (Å²) in [7, 11) is 1.40. The van der Waals surface area contributed by atoms with Crippen LogP contribution < -0.4 is 10.6 Å². The van der Waals surface area contributed by atoms with E-state index in [0.29, 0.717) is 19.4 Å². The molecule has 0 radical (unpaired) electrons. The molecular weight excluding hydrogens is 436 g/mol. The molecule has 2 aromatic carbocycles. The van der Waals surface area contributed by atoms with Crippen molar-refractivity contribution in [1.82, 2.24) is 10.6 Å². The second-order valence-electron chi connectivity index (χ2n) is 8.43. The summed E-state index contributed by atoms with van der Waals surface area (Å²) in [6.45, 7) is 2.19. The van der Waals surface area contributed by atoms with E-state index >= 15 is 0 Å². The van der Waals surface area contributed by atoms with Gasteiger partial charge in [0.15, 0.2) is 5.54 Å². The standard InChI is InChI=1S/C26H32N2O6/c1-3-26(17-33-2,24(30)31)28-23(29)14-8-9-15-27-25(32)34-16-22-20-12-6-4-10-18(20)19-11-5-7-13-21(19)22/h4-7,10-13,22H,3,8-9,14-17H2,1-2H3,(H,27,32)(H,28,29)(H,30,31). The molecule has 1 unspecified atom stereocenters. The third-order valence-corrected chi connectivity index (χ3v) is 6.23. The molecule has 8 heteroatoms. The number of carbonyl (C=O) groups is 3. The number of ether oxygens (including phenoxy) is 2. The van der Waals surface area contributed by atoms with Gasteiger partial charge in [0.2, 0.25) is 5.91 Å². The van der Waals surface area contributed by atoms with Gasteiger partial charge in [-0.2, -0.15) is 0 Å². The van der Waals surface area contributed by atoms with Crippen LogP contribution in [0.1, 0.15) is 49.7 Å². The van der Waals surface area contributed by atoms with Crippen molar-refractivity contribution in [2.75, 3.05) is 26.9 Å². The lowest BCUT2D eigenvalue weighted by Gasteiger charge is -2.28. The minimum absolute atomic E-state index is 0.00186. The average molecular weight is 469 g/mol. The van der Waals surface area contributed by atoms with Crippen molar-refractivity contribution in [2.24, 2.45) is 0 Å². The maximum absolute atomic E-state index is 12.2. The molecule has 0 spiro atoms. The molecule has 3 rings (SSSR count). The minimum Gasteiger partial charge on any atom is -0.479 e. The Morgan fingerprint density at radius 2 is 1.62 bits per heavy atom. The first kappa shape index (κ1) is 25.2. The third kappa shape index (κ3) is 5.75.